The van der Waals surface area contributed by atoms with Crippen molar-refractivity contribution in [2.75, 3.05) is 31.1 Å². The molecule has 1 rings (SSSR count). The molecule has 0 aliphatic carbocycles. The summed E-state index contributed by atoms with van der Waals surface area (Å²) in [5.74, 6) is 7.82. The van der Waals surface area contributed by atoms with Crippen LogP contribution in [0.4, 0.5) is 4.79 Å². The maximum atomic E-state index is 11.5. The zero-order valence-electron chi connectivity index (χ0n) is 8.74. The Morgan fingerprint density at radius 2 is 2.29 bits per heavy atom. The summed E-state index contributed by atoms with van der Waals surface area (Å²) < 4.78 is 0. The Morgan fingerprint density at radius 3 is 3.00 bits per heavy atom. The van der Waals surface area contributed by atoms with Crippen LogP contribution in [0.5, 0.6) is 0 Å². The number of hydrazine groups is 1. The number of thioether (sulfide) groups is 1. The van der Waals surface area contributed by atoms with Crippen LogP contribution in [0.3, 0.4) is 0 Å². The van der Waals surface area contributed by atoms with Gasteiger partial charge in [0.15, 0.2) is 0 Å². The minimum Gasteiger partial charge on any atom is -0.323 e. The monoisotopic (exact) mass is 217 g/mol. The maximum absolute atomic E-state index is 11.5. The summed E-state index contributed by atoms with van der Waals surface area (Å²) in [5, 5.41) is 1.32. The maximum Gasteiger partial charge on any atom is 0.334 e. The minimum atomic E-state index is -0.0160. The number of carbonyl (C=O) groups is 1. The van der Waals surface area contributed by atoms with E-state index in [0.29, 0.717) is 6.54 Å². The molecule has 2 amide bonds. The van der Waals surface area contributed by atoms with E-state index in [4.69, 9.17) is 5.84 Å². The standard InChI is InChI=1S/C9H19N3OS/c1-2-14-8-4-6-11-5-3-7-12(10)9(11)13/h2-8,10H2,1H3. The van der Waals surface area contributed by atoms with E-state index < -0.39 is 0 Å². The fourth-order valence-electron chi connectivity index (χ4n) is 1.51. The SMILES string of the molecule is CCSCCCN1CCCN(N)C1=O. The van der Waals surface area contributed by atoms with Gasteiger partial charge in [-0.3, -0.25) is 5.01 Å². The smallest absolute Gasteiger partial charge is 0.323 e. The molecule has 0 aromatic heterocycles. The third-order valence-electron chi connectivity index (χ3n) is 2.26. The molecule has 0 unspecified atom stereocenters. The summed E-state index contributed by atoms with van der Waals surface area (Å²) in [6.07, 6.45) is 2.06. The Labute approximate surface area is 89.8 Å². The first kappa shape index (κ1) is 11.7. The molecule has 4 nitrogen and oxygen atoms in total. The van der Waals surface area contributed by atoms with E-state index in [-0.39, 0.29) is 6.03 Å². The summed E-state index contributed by atoms with van der Waals surface area (Å²) in [7, 11) is 0. The van der Waals surface area contributed by atoms with Crippen LogP contribution in [0, 0.1) is 0 Å². The van der Waals surface area contributed by atoms with Crippen LogP contribution in [0.1, 0.15) is 19.8 Å². The average molecular weight is 217 g/mol. The Morgan fingerprint density at radius 1 is 1.50 bits per heavy atom. The summed E-state index contributed by atoms with van der Waals surface area (Å²) in [5.41, 5.74) is 0. The van der Waals surface area contributed by atoms with Crippen molar-refractivity contribution in [2.24, 2.45) is 5.84 Å². The van der Waals surface area contributed by atoms with Gasteiger partial charge < -0.3 is 4.90 Å². The summed E-state index contributed by atoms with van der Waals surface area (Å²) in [6, 6.07) is -0.0160. The first-order chi connectivity index (χ1) is 6.75. The zero-order valence-corrected chi connectivity index (χ0v) is 9.55. The second-order valence-corrected chi connectivity index (χ2v) is 4.76. The average Bonchev–Trinajstić information content (AvgIpc) is 2.19. The van der Waals surface area contributed by atoms with E-state index in [1.54, 1.807) is 0 Å². The normalized spacial score (nSPS) is 17.7. The number of hydrogen-bond acceptors (Lipinski definition) is 3. The van der Waals surface area contributed by atoms with Gasteiger partial charge in [-0.05, 0) is 24.3 Å². The van der Waals surface area contributed by atoms with Gasteiger partial charge in [-0.1, -0.05) is 6.92 Å². The lowest BCUT2D eigenvalue weighted by atomic mass is 10.3. The van der Waals surface area contributed by atoms with Crippen LogP contribution in [-0.4, -0.2) is 47.1 Å². The van der Waals surface area contributed by atoms with Crippen LogP contribution in [0.25, 0.3) is 0 Å². The van der Waals surface area contributed by atoms with Crippen molar-refractivity contribution in [3.8, 4) is 0 Å². The highest BCUT2D eigenvalue weighted by molar-refractivity contribution is 7.99. The molecule has 1 saturated heterocycles. The molecule has 2 N–H and O–H groups in total. The van der Waals surface area contributed by atoms with Crippen LogP contribution >= 0.6 is 11.8 Å². The lowest BCUT2D eigenvalue weighted by Crippen LogP contribution is -2.52. The summed E-state index contributed by atoms with van der Waals surface area (Å²) >= 11 is 1.92. The minimum absolute atomic E-state index is 0.0160. The van der Waals surface area contributed by atoms with Gasteiger partial charge in [-0.2, -0.15) is 11.8 Å². The molecule has 5 heteroatoms. The Bertz CT molecular complexity index is 189. The van der Waals surface area contributed by atoms with Crippen molar-refractivity contribution in [2.45, 2.75) is 19.8 Å². The fourth-order valence-corrected chi connectivity index (χ4v) is 2.14. The molecule has 14 heavy (non-hydrogen) atoms. The summed E-state index contributed by atoms with van der Waals surface area (Å²) in [6.45, 7) is 4.56. The quantitative estimate of drug-likeness (QED) is 0.427. The molecule has 82 valence electrons. The highest BCUT2D eigenvalue weighted by Crippen LogP contribution is 2.08. The number of hydrogen-bond donors (Lipinski definition) is 1. The highest BCUT2D eigenvalue weighted by atomic mass is 32.2. The number of nitrogens with zero attached hydrogens (tertiary/aromatic N) is 2. The number of amides is 2. The lowest BCUT2D eigenvalue weighted by Gasteiger charge is -2.32. The van der Waals surface area contributed by atoms with E-state index in [9.17, 15) is 4.79 Å². The molecule has 0 radical (unpaired) electrons. The Hall–Kier alpha value is -0.420. The van der Waals surface area contributed by atoms with Gasteiger partial charge in [0.1, 0.15) is 0 Å². The second kappa shape index (κ2) is 6.14. The highest BCUT2D eigenvalue weighted by Gasteiger charge is 2.22. The van der Waals surface area contributed by atoms with E-state index >= 15 is 0 Å². The largest absolute Gasteiger partial charge is 0.334 e. The number of carbonyl (C=O) groups excluding carboxylic acids is 1. The molecule has 1 aliphatic rings. The van der Waals surface area contributed by atoms with Gasteiger partial charge in [0.25, 0.3) is 0 Å². The molecular weight excluding hydrogens is 198 g/mol. The zero-order chi connectivity index (χ0) is 10.4. The number of urea groups is 1. The molecule has 1 heterocycles. The third-order valence-corrected chi connectivity index (χ3v) is 3.25. The van der Waals surface area contributed by atoms with Gasteiger partial charge in [0.2, 0.25) is 0 Å². The van der Waals surface area contributed by atoms with Gasteiger partial charge in [0, 0.05) is 19.6 Å². The van der Waals surface area contributed by atoms with Crippen LogP contribution in [0.2, 0.25) is 0 Å². The van der Waals surface area contributed by atoms with Crippen molar-refractivity contribution in [3.63, 3.8) is 0 Å². The van der Waals surface area contributed by atoms with Gasteiger partial charge in [0.05, 0.1) is 0 Å². The predicted octanol–water partition coefficient (Wildman–Crippen LogP) is 1.13. The number of rotatable bonds is 5. The third kappa shape index (κ3) is 3.38. The molecule has 0 bridgehead atoms. The van der Waals surface area contributed by atoms with Crippen molar-refractivity contribution in [3.05, 3.63) is 0 Å². The molecule has 0 aromatic carbocycles. The fraction of sp³-hybridized carbons (Fsp3) is 0.889. The molecule has 0 aromatic rings. The lowest BCUT2D eigenvalue weighted by molar-refractivity contribution is 0.130. The van der Waals surface area contributed by atoms with Crippen LogP contribution in [0.15, 0.2) is 0 Å². The van der Waals surface area contributed by atoms with Crippen LogP contribution in [-0.2, 0) is 0 Å². The van der Waals surface area contributed by atoms with E-state index in [1.165, 1.54) is 5.01 Å². The molecule has 1 fully saturated rings. The van der Waals surface area contributed by atoms with Gasteiger partial charge in [-0.25, -0.2) is 10.6 Å². The van der Waals surface area contributed by atoms with E-state index in [0.717, 1.165) is 37.4 Å². The Kier molecular flexibility index (Phi) is 5.11. The molecule has 0 saturated carbocycles. The molecule has 0 spiro atoms. The van der Waals surface area contributed by atoms with Crippen molar-refractivity contribution < 1.29 is 4.79 Å². The molecule has 1 aliphatic heterocycles. The first-order valence-corrected chi connectivity index (χ1v) is 6.30. The Balaban J connectivity index is 2.19. The van der Waals surface area contributed by atoms with Crippen molar-refractivity contribution >= 4 is 17.8 Å². The van der Waals surface area contributed by atoms with E-state index in [1.807, 2.05) is 16.7 Å². The van der Waals surface area contributed by atoms with Crippen molar-refractivity contribution in [1.29, 1.82) is 0 Å². The summed E-state index contributed by atoms with van der Waals surface area (Å²) in [4.78, 5) is 13.4. The topological polar surface area (TPSA) is 49.6 Å². The number of nitrogens with two attached hydrogens (primary N) is 1. The second-order valence-electron chi connectivity index (χ2n) is 3.37. The molecular formula is C9H19N3OS. The van der Waals surface area contributed by atoms with Crippen molar-refractivity contribution in [1.82, 2.24) is 9.91 Å². The van der Waals surface area contributed by atoms with Gasteiger partial charge in [-0.15, -0.1) is 0 Å². The van der Waals surface area contributed by atoms with E-state index in [2.05, 4.69) is 6.92 Å². The van der Waals surface area contributed by atoms with Crippen LogP contribution < -0.4 is 5.84 Å². The molecule has 0 atom stereocenters. The predicted molar refractivity (Wildman–Crippen MR) is 60.1 cm³/mol. The van der Waals surface area contributed by atoms with Gasteiger partial charge >= 0.3 is 6.03 Å². The first-order valence-electron chi connectivity index (χ1n) is 5.14.